The molecule has 8 atom stereocenters. The van der Waals surface area contributed by atoms with Gasteiger partial charge in [-0.15, -0.1) is 0 Å². The number of Topliss-reactive ketones (excluding diaryl/α,β-unsaturated/α-hetero) is 1. The number of halogens is 1. The third-order valence-electron chi connectivity index (χ3n) is 9.40. The number of fused-ring (bicyclic) bond motifs is 5. The molecular weight excluding hydrogens is 488 g/mol. The Morgan fingerprint density at radius 2 is 1.88 bits per heavy atom. The van der Waals surface area contributed by atoms with Crippen LogP contribution in [-0.4, -0.2) is 45.8 Å². The second-order valence-corrected chi connectivity index (χ2v) is 11.8. The number of rotatable bonds is 4. The van der Waals surface area contributed by atoms with Gasteiger partial charge < -0.3 is 29.1 Å². The van der Waals surface area contributed by atoms with Crippen molar-refractivity contribution in [3.05, 3.63) is 11.6 Å². The predicted octanol–water partition coefficient (Wildman–Crippen LogP) is -5.02. The first-order valence-electron chi connectivity index (χ1n) is 11.1. The van der Waals surface area contributed by atoms with Gasteiger partial charge in [-0.2, -0.15) is 0 Å². The molecule has 0 aromatic carbocycles. The van der Waals surface area contributed by atoms with E-state index < -0.39 is 66.2 Å². The molecule has 0 heterocycles. The van der Waals surface area contributed by atoms with Crippen molar-refractivity contribution in [1.82, 2.24) is 0 Å². The van der Waals surface area contributed by atoms with Gasteiger partial charge in [0.2, 0.25) is 0 Å². The normalized spacial score (nSPS) is 45.6. The van der Waals surface area contributed by atoms with Gasteiger partial charge in [0.05, 0.1) is 13.9 Å². The van der Waals surface area contributed by atoms with Crippen LogP contribution in [0.2, 0.25) is 0 Å². The summed E-state index contributed by atoms with van der Waals surface area (Å²) >= 11 is 0. The van der Waals surface area contributed by atoms with E-state index in [4.69, 9.17) is 0 Å². The van der Waals surface area contributed by atoms with E-state index in [0.29, 0.717) is 31.3 Å². The molecule has 4 aliphatic carbocycles. The molecule has 0 aromatic heterocycles. The first-order chi connectivity index (χ1) is 14.6. The Kier molecular flexibility index (Phi) is 9.17. The van der Waals surface area contributed by atoms with Gasteiger partial charge in [0, 0.05) is 23.2 Å². The number of phosphoric acid groups is 1. The molecule has 3 fully saturated rings. The van der Waals surface area contributed by atoms with Crippen molar-refractivity contribution >= 4 is 19.4 Å². The zero-order valence-electron chi connectivity index (χ0n) is 20.5. The van der Waals surface area contributed by atoms with Crippen molar-refractivity contribution in [2.75, 3.05) is 6.61 Å². The Morgan fingerprint density at radius 3 is 2.47 bits per heavy atom. The Balaban J connectivity index is 0.00000204. The Hall–Kier alpha value is 1.04. The van der Waals surface area contributed by atoms with Gasteiger partial charge in [-0.3, -0.25) is 9.59 Å². The molecular formula is C22H30FNa2O8P. The first kappa shape index (κ1) is 31.3. The number of aliphatic hydroxyl groups excluding tert-OH is 1. The summed E-state index contributed by atoms with van der Waals surface area (Å²) in [4.78, 5) is 46.7. The van der Waals surface area contributed by atoms with E-state index in [-0.39, 0.29) is 77.7 Å². The van der Waals surface area contributed by atoms with Crippen LogP contribution >= 0.6 is 7.82 Å². The molecule has 0 aliphatic heterocycles. The number of phosphoric ester groups is 1. The quantitative estimate of drug-likeness (QED) is 0.278. The van der Waals surface area contributed by atoms with Crippen LogP contribution in [0.3, 0.4) is 0 Å². The topological polar surface area (TPSA) is 147 Å². The number of allylic oxidation sites excluding steroid dienone is 1. The molecule has 34 heavy (non-hydrogen) atoms. The minimum Gasteiger partial charge on any atom is -0.790 e. The summed E-state index contributed by atoms with van der Waals surface area (Å²) in [5.41, 5.74) is -5.63. The van der Waals surface area contributed by atoms with E-state index in [2.05, 4.69) is 4.52 Å². The van der Waals surface area contributed by atoms with Gasteiger partial charge >= 0.3 is 59.1 Å². The minimum absolute atomic E-state index is 0. The van der Waals surface area contributed by atoms with Crippen molar-refractivity contribution in [2.24, 2.45) is 28.6 Å². The van der Waals surface area contributed by atoms with Crippen molar-refractivity contribution < 1.29 is 102 Å². The molecule has 4 rings (SSSR count). The van der Waals surface area contributed by atoms with Crippen LogP contribution in [0.15, 0.2) is 11.6 Å². The molecule has 0 bridgehead atoms. The largest absolute Gasteiger partial charge is 1.00 e. The number of ketones is 2. The molecule has 3 saturated carbocycles. The molecule has 0 unspecified atom stereocenters. The molecule has 180 valence electrons. The van der Waals surface area contributed by atoms with Crippen molar-refractivity contribution in [2.45, 2.75) is 76.7 Å². The summed E-state index contributed by atoms with van der Waals surface area (Å²) in [6.45, 7) is 3.93. The fourth-order valence-corrected chi connectivity index (χ4v) is 8.02. The Morgan fingerprint density at radius 1 is 1.26 bits per heavy atom. The molecule has 12 heteroatoms. The van der Waals surface area contributed by atoms with Crippen LogP contribution in [0.25, 0.3) is 0 Å². The van der Waals surface area contributed by atoms with E-state index in [1.165, 1.54) is 6.08 Å². The summed E-state index contributed by atoms with van der Waals surface area (Å²) in [5, 5.41) is 22.8. The van der Waals surface area contributed by atoms with E-state index in [9.17, 15) is 34.2 Å². The van der Waals surface area contributed by atoms with Crippen molar-refractivity contribution in [1.29, 1.82) is 0 Å². The third kappa shape index (κ3) is 4.28. The van der Waals surface area contributed by atoms with Crippen molar-refractivity contribution in [3.8, 4) is 0 Å². The van der Waals surface area contributed by atoms with Crippen LogP contribution in [0.5, 0.6) is 0 Å². The van der Waals surface area contributed by atoms with Gasteiger partial charge in [-0.25, -0.2) is 4.39 Å². The monoisotopic (exact) mass is 518 g/mol. The fourth-order valence-electron chi connectivity index (χ4n) is 7.75. The summed E-state index contributed by atoms with van der Waals surface area (Å²) in [7, 11) is -5.42. The predicted molar refractivity (Wildman–Crippen MR) is 107 cm³/mol. The van der Waals surface area contributed by atoms with Crippen molar-refractivity contribution in [3.63, 3.8) is 0 Å². The SMILES string of the molecule is C[C@@H]1C[C@H]2[C@@H]3CCC4=CC(=O)CC[C@]4(C)[C@@]3(F)[C@@H](O)C[C@]2(C)[C@@]1(O)C(=O)COP(=O)([O-])[O-].[Na+].[Na+]. The zero-order valence-corrected chi connectivity index (χ0v) is 25.4. The first-order valence-corrected chi connectivity index (χ1v) is 12.6. The van der Waals surface area contributed by atoms with Gasteiger partial charge in [0.25, 0.3) is 0 Å². The number of hydrogen-bond acceptors (Lipinski definition) is 8. The van der Waals surface area contributed by atoms with E-state index >= 15 is 4.39 Å². The molecule has 0 spiro atoms. The van der Waals surface area contributed by atoms with Crippen LogP contribution < -0.4 is 68.9 Å². The molecule has 2 N–H and O–H groups in total. The van der Waals surface area contributed by atoms with Gasteiger partial charge in [0.15, 0.2) is 11.6 Å². The van der Waals surface area contributed by atoms with Crippen LogP contribution in [0.1, 0.15) is 59.3 Å². The molecule has 0 aromatic rings. The number of carbonyl (C=O) groups excluding carboxylic acids is 2. The number of carbonyl (C=O) groups is 2. The van der Waals surface area contributed by atoms with Gasteiger partial charge in [0.1, 0.15) is 17.9 Å². The maximum Gasteiger partial charge on any atom is 1.00 e. The number of aliphatic hydroxyl groups is 2. The Bertz CT molecular complexity index is 942. The van der Waals surface area contributed by atoms with Gasteiger partial charge in [-0.1, -0.05) is 26.3 Å². The van der Waals surface area contributed by atoms with E-state index in [1.807, 2.05) is 0 Å². The summed E-state index contributed by atoms with van der Waals surface area (Å²) in [6, 6.07) is 0. The average Bonchev–Trinajstić information content (AvgIpc) is 2.89. The van der Waals surface area contributed by atoms with E-state index in [1.54, 1.807) is 20.8 Å². The second-order valence-electron chi connectivity index (χ2n) is 10.7. The molecule has 0 radical (unpaired) electrons. The number of hydrogen-bond donors (Lipinski definition) is 2. The Labute approximate surface area is 243 Å². The standard InChI is InChI=1S/C22H32FO8P.2Na/c1-12-8-16-15-5-4-13-9-14(24)6-7-19(13,2)21(15,23)17(25)10-20(16,3)22(12,27)18(26)11-31-32(28,29)30;;/h9,12,15-17,25,27H,4-8,10-11H2,1-3H3,(H2,28,29,30);;/q;2*+1/p-2/t12-,15+,16+,17+,19+,20+,21+,22+;;/m1../s1. The van der Waals surface area contributed by atoms with Crippen LogP contribution in [-0.2, 0) is 18.7 Å². The second kappa shape index (κ2) is 9.97. The minimum atomic E-state index is -5.42. The van der Waals surface area contributed by atoms with Crippen LogP contribution in [0.4, 0.5) is 4.39 Å². The third-order valence-corrected chi connectivity index (χ3v) is 9.85. The van der Waals surface area contributed by atoms with Gasteiger partial charge in [-0.05, 0) is 50.0 Å². The summed E-state index contributed by atoms with van der Waals surface area (Å²) < 4.78 is 32.1. The fraction of sp³-hybridized carbons (Fsp3) is 0.818. The zero-order chi connectivity index (χ0) is 23.9. The summed E-state index contributed by atoms with van der Waals surface area (Å²) in [6.07, 6.45) is 1.48. The number of alkyl halides is 1. The maximum atomic E-state index is 17.0. The maximum absolute atomic E-state index is 17.0. The molecule has 8 nitrogen and oxygen atoms in total. The average molecular weight is 518 g/mol. The molecule has 0 saturated heterocycles. The van der Waals surface area contributed by atoms with E-state index in [0.717, 1.165) is 0 Å². The molecule has 0 amide bonds. The molecule has 4 aliphatic rings. The smallest absolute Gasteiger partial charge is 0.790 e. The van der Waals surface area contributed by atoms with Crippen LogP contribution in [0, 0.1) is 28.6 Å². The summed E-state index contributed by atoms with van der Waals surface area (Å²) in [5.74, 6) is -2.76.